The first kappa shape index (κ1) is 10.1. The van der Waals surface area contributed by atoms with Gasteiger partial charge in [0.15, 0.2) is 0 Å². The van der Waals surface area contributed by atoms with E-state index in [-0.39, 0.29) is 0 Å². The van der Waals surface area contributed by atoms with Gasteiger partial charge in [-0.15, -0.1) is 0 Å². The smallest absolute Gasteiger partial charge is 0.122 e. The highest BCUT2D eigenvalue weighted by Crippen LogP contribution is 2.38. The summed E-state index contributed by atoms with van der Waals surface area (Å²) in [5, 5.41) is 0. The van der Waals surface area contributed by atoms with E-state index in [1.807, 2.05) is 0 Å². The van der Waals surface area contributed by atoms with Crippen molar-refractivity contribution in [1.29, 1.82) is 0 Å². The molecule has 1 aromatic carbocycles. The maximum atomic E-state index is 5.68. The van der Waals surface area contributed by atoms with E-state index in [0.717, 1.165) is 18.8 Å². The van der Waals surface area contributed by atoms with Gasteiger partial charge in [0.1, 0.15) is 5.75 Å². The average Bonchev–Trinajstić information content (AvgIpc) is 2.69. The summed E-state index contributed by atoms with van der Waals surface area (Å²) in [4.78, 5) is 0. The second kappa shape index (κ2) is 4.07. The molecule has 0 amide bonds. The maximum absolute atomic E-state index is 5.68. The van der Waals surface area contributed by atoms with Crippen LogP contribution in [0.5, 0.6) is 5.75 Å². The summed E-state index contributed by atoms with van der Waals surface area (Å²) in [5.74, 6) is 7.44. The minimum Gasteiger partial charge on any atom is -0.493 e. The van der Waals surface area contributed by atoms with Crippen molar-refractivity contribution in [3.05, 3.63) is 29.3 Å². The highest BCUT2D eigenvalue weighted by molar-refractivity contribution is 5.41. The third kappa shape index (κ3) is 1.60. The Bertz CT molecular complexity index is 388. The molecule has 1 aromatic rings. The van der Waals surface area contributed by atoms with Crippen LogP contribution in [0.2, 0.25) is 0 Å². The summed E-state index contributed by atoms with van der Waals surface area (Å²) in [7, 11) is 0. The molecular formula is C13H18N2O. The van der Waals surface area contributed by atoms with Crippen LogP contribution in [0.15, 0.2) is 18.2 Å². The first-order chi connectivity index (χ1) is 7.88. The van der Waals surface area contributed by atoms with Gasteiger partial charge in [0, 0.05) is 12.5 Å². The van der Waals surface area contributed by atoms with Crippen LogP contribution in [0.3, 0.4) is 0 Å². The normalized spacial score (nSPS) is 21.1. The van der Waals surface area contributed by atoms with Gasteiger partial charge in [0.2, 0.25) is 0 Å². The van der Waals surface area contributed by atoms with Crippen molar-refractivity contribution < 1.29 is 4.74 Å². The lowest BCUT2D eigenvalue weighted by Crippen LogP contribution is -2.36. The largest absolute Gasteiger partial charge is 0.493 e. The molecular weight excluding hydrogens is 200 g/mol. The Morgan fingerprint density at radius 1 is 1.38 bits per heavy atom. The molecule has 0 aromatic heterocycles. The first-order valence-corrected chi connectivity index (χ1v) is 6.10. The lowest BCUT2D eigenvalue weighted by Gasteiger charge is -2.33. The lowest BCUT2D eigenvalue weighted by molar-refractivity contribution is 0.232. The van der Waals surface area contributed by atoms with Crippen LogP contribution in [0.25, 0.3) is 0 Å². The molecule has 1 saturated carbocycles. The quantitative estimate of drug-likeness (QED) is 0.602. The zero-order valence-corrected chi connectivity index (χ0v) is 9.41. The molecule has 3 nitrogen and oxygen atoms in total. The van der Waals surface area contributed by atoms with Crippen molar-refractivity contribution in [2.24, 2.45) is 11.8 Å². The second-order valence-corrected chi connectivity index (χ2v) is 4.80. The number of rotatable bonds is 3. The molecule has 3 N–H and O–H groups in total. The van der Waals surface area contributed by atoms with Crippen molar-refractivity contribution in [2.75, 3.05) is 6.61 Å². The molecule has 0 bridgehead atoms. The minimum atomic E-state index is 0.319. The number of hydrazine groups is 1. The number of benzene rings is 1. The molecule has 1 unspecified atom stereocenters. The van der Waals surface area contributed by atoms with Gasteiger partial charge in [0.05, 0.1) is 6.61 Å². The number of ether oxygens (including phenoxy) is 1. The molecule has 2 aliphatic rings. The fourth-order valence-electron chi connectivity index (χ4n) is 2.68. The van der Waals surface area contributed by atoms with Gasteiger partial charge in [-0.2, -0.15) is 0 Å². The molecule has 0 spiro atoms. The van der Waals surface area contributed by atoms with Crippen LogP contribution in [-0.4, -0.2) is 6.61 Å². The summed E-state index contributed by atoms with van der Waals surface area (Å²) in [6.45, 7) is 0.822. The molecule has 86 valence electrons. The van der Waals surface area contributed by atoms with Crippen molar-refractivity contribution in [1.82, 2.24) is 5.43 Å². The van der Waals surface area contributed by atoms with E-state index in [0.29, 0.717) is 12.0 Å². The SMILES string of the molecule is NNC(c1ccc2c(c1)CCO2)C1CCC1. The highest BCUT2D eigenvalue weighted by Gasteiger charge is 2.28. The average molecular weight is 218 g/mol. The van der Waals surface area contributed by atoms with Gasteiger partial charge in [-0.1, -0.05) is 18.6 Å². The van der Waals surface area contributed by atoms with E-state index < -0.39 is 0 Å². The summed E-state index contributed by atoms with van der Waals surface area (Å²) in [6.07, 6.45) is 4.97. The molecule has 1 fully saturated rings. The van der Waals surface area contributed by atoms with Crippen molar-refractivity contribution in [3.8, 4) is 5.75 Å². The van der Waals surface area contributed by atoms with Crippen LogP contribution in [0, 0.1) is 5.92 Å². The summed E-state index contributed by atoms with van der Waals surface area (Å²) in [5.41, 5.74) is 5.62. The molecule has 1 atom stereocenters. The Morgan fingerprint density at radius 3 is 2.94 bits per heavy atom. The van der Waals surface area contributed by atoms with Gasteiger partial charge >= 0.3 is 0 Å². The van der Waals surface area contributed by atoms with Crippen LogP contribution in [0.4, 0.5) is 0 Å². The predicted octanol–water partition coefficient (Wildman–Crippen LogP) is 1.93. The van der Waals surface area contributed by atoms with E-state index in [9.17, 15) is 0 Å². The van der Waals surface area contributed by atoms with E-state index in [1.54, 1.807) is 0 Å². The summed E-state index contributed by atoms with van der Waals surface area (Å²) < 4.78 is 5.52. The lowest BCUT2D eigenvalue weighted by atomic mass is 9.77. The van der Waals surface area contributed by atoms with Gasteiger partial charge < -0.3 is 4.74 Å². The van der Waals surface area contributed by atoms with E-state index in [1.165, 1.54) is 30.4 Å². The Balaban J connectivity index is 1.86. The number of nitrogens with two attached hydrogens (primary N) is 1. The molecule has 1 aliphatic carbocycles. The molecule has 16 heavy (non-hydrogen) atoms. The molecule has 1 heterocycles. The molecule has 1 aliphatic heterocycles. The molecule has 3 rings (SSSR count). The Hall–Kier alpha value is -1.06. The van der Waals surface area contributed by atoms with Crippen LogP contribution >= 0.6 is 0 Å². The third-order valence-electron chi connectivity index (χ3n) is 3.87. The van der Waals surface area contributed by atoms with Crippen LogP contribution in [0.1, 0.15) is 36.4 Å². The van der Waals surface area contributed by atoms with Gasteiger partial charge in [-0.25, -0.2) is 0 Å². The van der Waals surface area contributed by atoms with Crippen molar-refractivity contribution >= 4 is 0 Å². The first-order valence-electron chi connectivity index (χ1n) is 6.10. The molecule has 0 radical (unpaired) electrons. The van der Waals surface area contributed by atoms with Gasteiger partial charge in [-0.3, -0.25) is 11.3 Å². The van der Waals surface area contributed by atoms with Crippen molar-refractivity contribution in [2.45, 2.75) is 31.7 Å². The Kier molecular flexibility index (Phi) is 2.58. The second-order valence-electron chi connectivity index (χ2n) is 4.80. The van der Waals surface area contributed by atoms with E-state index >= 15 is 0 Å². The van der Waals surface area contributed by atoms with Gasteiger partial charge in [-0.05, 0) is 36.0 Å². The van der Waals surface area contributed by atoms with E-state index in [4.69, 9.17) is 10.6 Å². The Morgan fingerprint density at radius 2 is 2.25 bits per heavy atom. The fraction of sp³-hybridized carbons (Fsp3) is 0.538. The summed E-state index contributed by atoms with van der Waals surface area (Å²) >= 11 is 0. The number of hydrogen-bond acceptors (Lipinski definition) is 3. The topological polar surface area (TPSA) is 47.3 Å². The number of hydrogen-bond donors (Lipinski definition) is 2. The summed E-state index contributed by atoms with van der Waals surface area (Å²) in [6, 6.07) is 6.80. The minimum absolute atomic E-state index is 0.319. The molecule has 0 saturated heterocycles. The number of nitrogens with one attached hydrogen (secondary N) is 1. The van der Waals surface area contributed by atoms with Crippen molar-refractivity contribution in [3.63, 3.8) is 0 Å². The van der Waals surface area contributed by atoms with E-state index in [2.05, 4.69) is 23.6 Å². The third-order valence-corrected chi connectivity index (χ3v) is 3.87. The standard InChI is InChI=1S/C13H18N2O/c14-15-13(9-2-1-3-9)11-4-5-12-10(8-11)6-7-16-12/h4-5,8-9,13,15H,1-3,6-7,14H2. The Labute approximate surface area is 95.9 Å². The fourth-order valence-corrected chi connectivity index (χ4v) is 2.68. The van der Waals surface area contributed by atoms with Gasteiger partial charge in [0.25, 0.3) is 0 Å². The number of fused-ring (bicyclic) bond motifs is 1. The predicted molar refractivity (Wildman–Crippen MR) is 63.0 cm³/mol. The maximum Gasteiger partial charge on any atom is 0.122 e. The highest BCUT2D eigenvalue weighted by atomic mass is 16.5. The molecule has 3 heteroatoms. The zero-order chi connectivity index (χ0) is 11.0. The van der Waals surface area contributed by atoms with Crippen LogP contribution < -0.4 is 16.0 Å². The van der Waals surface area contributed by atoms with Crippen LogP contribution in [-0.2, 0) is 6.42 Å². The monoisotopic (exact) mass is 218 g/mol. The zero-order valence-electron chi connectivity index (χ0n) is 9.41.